The summed E-state index contributed by atoms with van der Waals surface area (Å²) in [6.07, 6.45) is 3.83. The van der Waals surface area contributed by atoms with Crippen LogP contribution in [0.5, 0.6) is 5.75 Å². The number of carbonyl (C=O) groups is 1. The van der Waals surface area contributed by atoms with Crippen molar-refractivity contribution in [3.63, 3.8) is 0 Å². The molecule has 0 radical (unpaired) electrons. The molecular weight excluding hydrogens is 528 g/mol. The van der Waals surface area contributed by atoms with Crippen LogP contribution in [-0.4, -0.2) is 54.0 Å². The zero-order chi connectivity index (χ0) is 29.4. The molecule has 7 nitrogen and oxygen atoms in total. The fourth-order valence-electron chi connectivity index (χ4n) is 5.19. The highest BCUT2D eigenvalue weighted by Gasteiger charge is 2.35. The number of rotatable bonds is 10. The molecule has 1 amide bonds. The monoisotopic (exact) mass is 568 g/mol. The molecule has 2 unspecified atom stereocenters. The highest BCUT2D eigenvalue weighted by molar-refractivity contribution is 5.82. The SMILES string of the molecule is CC(C)(C)OC(=O)N1CCC(c2ccc(OCCOCc3ccncc3)cc2)C(OCc2ccc3ccccc3c2)C1. The fourth-order valence-corrected chi connectivity index (χ4v) is 5.19. The predicted molar refractivity (Wildman–Crippen MR) is 164 cm³/mol. The first-order valence-electron chi connectivity index (χ1n) is 14.6. The Morgan fingerprint density at radius 1 is 0.881 bits per heavy atom. The van der Waals surface area contributed by atoms with Crippen LogP contribution in [0.3, 0.4) is 0 Å². The van der Waals surface area contributed by atoms with Crippen LogP contribution >= 0.6 is 0 Å². The minimum absolute atomic E-state index is 0.141. The van der Waals surface area contributed by atoms with Gasteiger partial charge in [0.05, 0.1) is 32.5 Å². The second-order valence-corrected chi connectivity index (χ2v) is 11.7. The molecule has 2 atom stereocenters. The summed E-state index contributed by atoms with van der Waals surface area (Å²) < 4.78 is 23.8. The first-order chi connectivity index (χ1) is 20.3. The second-order valence-electron chi connectivity index (χ2n) is 11.7. The molecule has 1 aliphatic heterocycles. The highest BCUT2D eigenvalue weighted by Crippen LogP contribution is 2.33. The van der Waals surface area contributed by atoms with E-state index >= 15 is 0 Å². The van der Waals surface area contributed by atoms with Crippen LogP contribution in [0.2, 0.25) is 0 Å². The lowest BCUT2D eigenvalue weighted by Crippen LogP contribution is -2.48. The number of nitrogens with zero attached hydrogens (tertiary/aromatic N) is 2. The molecule has 0 saturated carbocycles. The molecule has 0 bridgehead atoms. The Morgan fingerprint density at radius 3 is 2.40 bits per heavy atom. The van der Waals surface area contributed by atoms with E-state index < -0.39 is 5.60 Å². The second kappa shape index (κ2) is 13.8. The Hall–Kier alpha value is -3.94. The molecule has 5 rings (SSSR count). The van der Waals surface area contributed by atoms with Gasteiger partial charge in [0.1, 0.15) is 18.0 Å². The van der Waals surface area contributed by atoms with Gasteiger partial charge in [-0.05, 0) is 85.0 Å². The molecule has 220 valence electrons. The first kappa shape index (κ1) is 29.5. The maximum Gasteiger partial charge on any atom is 0.410 e. The number of ether oxygens (including phenoxy) is 4. The van der Waals surface area contributed by atoms with Crippen LogP contribution < -0.4 is 4.74 Å². The summed E-state index contributed by atoms with van der Waals surface area (Å²) in [5.74, 6) is 0.938. The largest absolute Gasteiger partial charge is 0.491 e. The molecule has 1 saturated heterocycles. The van der Waals surface area contributed by atoms with Crippen molar-refractivity contribution >= 4 is 16.9 Å². The molecule has 1 aliphatic rings. The number of aromatic nitrogens is 1. The number of benzene rings is 3. The van der Waals surface area contributed by atoms with Gasteiger partial charge in [-0.25, -0.2) is 4.79 Å². The third-order valence-corrected chi connectivity index (χ3v) is 7.31. The zero-order valence-corrected chi connectivity index (χ0v) is 24.7. The molecule has 3 aromatic carbocycles. The summed E-state index contributed by atoms with van der Waals surface area (Å²) in [4.78, 5) is 18.7. The standard InChI is InChI=1S/C35H40N2O5/c1-35(2,3)42-34(38)37-19-16-32(33(23-37)41-25-27-8-9-28-6-4-5-7-30(28)22-27)29-10-12-31(13-11-29)40-21-20-39-24-26-14-17-36-18-15-26/h4-15,17-18,22,32-33H,16,19-21,23-25H2,1-3H3. The Morgan fingerprint density at radius 2 is 1.64 bits per heavy atom. The summed E-state index contributed by atoms with van der Waals surface area (Å²) in [5, 5.41) is 2.39. The molecule has 0 N–H and O–H groups in total. The number of likely N-dealkylation sites (tertiary alicyclic amines) is 1. The number of hydrogen-bond donors (Lipinski definition) is 0. The quantitative estimate of drug-likeness (QED) is 0.189. The van der Waals surface area contributed by atoms with Crippen LogP contribution in [0.15, 0.2) is 91.3 Å². The van der Waals surface area contributed by atoms with Gasteiger partial charge in [0.15, 0.2) is 0 Å². The van der Waals surface area contributed by atoms with Crippen molar-refractivity contribution in [3.8, 4) is 5.75 Å². The van der Waals surface area contributed by atoms with Crippen molar-refractivity contribution in [1.29, 1.82) is 0 Å². The van der Waals surface area contributed by atoms with E-state index in [1.54, 1.807) is 17.3 Å². The lowest BCUT2D eigenvalue weighted by Gasteiger charge is -2.39. The molecule has 0 aliphatic carbocycles. The Balaban J connectivity index is 1.21. The van der Waals surface area contributed by atoms with Crippen molar-refractivity contribution < 1.29 is 23.7 Å². The van der Waals surface area contributed by atoms with Crippen molar-refractivity contribution in [1.82, 2.24) is 9.88 Å². The Kier molecular flexibility index (Phi) is 9.72. The van der Waals surface area contributed by atoms with Gasteiger partial charge >= 0.3 is 6.09 Å². The predicted octanol–water partition coefficient (Wildman–Crippen LogP) is 7.14. The van der Waals surface area contributed by atoms with Gasteiger partial charge in [0, 0.05) is 24.9 Å². The number of piperidine rings is 1. The Bertz CT molecular complexity index is 1440. The summed E-state index contributed by atoms with van der Waals surface area (Å²) in [6, 6.07) is 26.8. The number of pyridine rings is 1. The van der Waals surface area contributed by atoms with Crippen molar-refractivity contribution in [3.05, 3.63) is 108 Å². The van der Waals surface area contributed by atoms with E-state index in [1.165, 1.54) is 16.3 Å². The zero-order valence-electron chi connectivity index (χ0n) is 24.7. The summed E-state index contributed by atoms with van der Waals surface area (Å²) >= 11 is 0. The van der Waals surface area contributed by atoms with Crippen molar-refractivity contribution in [2.24, 2.45) is 0 Å². The van der Waals surface area contributed by atoms with Gasteiger partial charge in [-0.15, -0.1) is 0 Å². The van der Waals surface area contributed by atoms with E-state index in [0.29, 0.717) is 39.5 Å². The molecule has 1 fully saturated rings. The van der Waals surface area contributed by atoms with Crippen LogP contribution in [0, 0.1) is 0 Å². The van der Waals surface area contributed by atoms with Gasteiger partial charge in [-0.2, -0.15) is 0 Å². The van der Waals surface area contributed by atoms with Gasteiger partial charge in [-0.1, -0.05) is 48.5 Å². The smallest absolute Gasteiger partial charge is 0.410 e. The Labute approximate surface area is 248 Å². The van der Waals surface area contributed by atoms with Crippen LogP contribution in [0.25, 0.3) is 10.8 Å². The number of hydrogen-bond acceptors (Lipinski definition) is 6. The lowest BCUT2D eigenvalue weighted by atomic mass is 9.87. The molecule has 7 heteroatoms. The van der Waals surface area contributed by atoms with Crippen LogP contribution in [0.4, 0.5) is 4.79 Å². The topological polar surface area (TPSA) is 70.1 Å². The van der Waals surface area contributed by atoms with Crippen LogP contribution in [-0.2, 0) is 27.4 Å². The van der Waals surface area contributed by atoms with Gasteiger partial charge in [0.2, 0.25) is 0 Å². The van der Waals surface area contributed by atoms with E-state index in [0.717, 1.165) is 23.3 Å². The highest BCUT2D eigenvalue weighted by atomic mass is 16.6. The van der Waals surface area contributed by atoms with Gasteiger partial charge < -0.3 is 23.8 Å². The van der Waals surface area contributed by atoms with E-state index in [-0.39, 0.29) is 18.1 Å². The molecule has 2 heterocycles. The van der Waals surface area contributed by atoms with E-state index in [4.69, 9.17) is 18.9 Å². The van der Waals surface area contributed by atoms with Gasteiger partial charge in [-0.3, -0.25) is 4.98 Å². The van der Waals surface area contributed by atoms with Crippen LogP contribution in [0.1, 0.15) is 49.8 Å². The average Bonchev–Trinajstić information content (AvgIpc) is 2.99. The summed E-state index contributed by atoms with van der Waals surface area (Å²) in [5.41, 5.74) is 2.82. The van der Waals surface area contributed by atoms with E-state index in [1.807, 2.05) is 57.2 Å². The normalized spacial score (nSPS) is 17.3. The lowest BCUT2D eigenvalue weighted by molar-refractivity contribution is -0.0359. The van der Waals surface area contributed by atoms with Gasteiger partial charge in [0.25, 0.3) is 0 Å². The molecule has 0 spiro atoms. The van der Waals surface area contributed by atoms with Crippen molar-refractivity contribution in [2.45, 2.75) is 58.0 Å². The maximum absolute atomic E-state index is 12.9. The molecule has 42 heavy (non-hydrogen) atoms. The maximum atomic E-state index is 12.9. The minimum Gasteiger partial charge on any atom is -0.491 e. The number of carbonyl (C=O) groups excluding carboxylic acids is 1. The molecule has 1 aromatic heterocycles. The number of amides is 1. The minimum atomic E-state index is -0.546. The average molecular weight is 569 g/mol. The third-order valence-electron chi connectivity index (χ3n) is 7.31. The molecular formula is C35H40N2O5. The van der Waals surface area contributed by atoms with Crippen molar-refractivity contribution in [2.75, 3.05) is 26.3 Å². The summed E-state index contributed by atoms with van der Waals surface area (Å²) in [7, 11) is 0. The van der Waals surface area contributed by atoms with E-state index in [9.17, 15) is 4.79 Å². The number of fused-ring (bicyclic) bond motifs is 1. The van der Waals surface area contributed by atoms with E-state index in [2.05, 4.69) is 47.4 Å². The first-order valence-corrected chi connectivity index (χ1v) is 14.6. The molecule has 4 aromatic rings. The fraction of sp³-hybridized carbons (Fsp3) is 0.371. The third kappa shape index (κ3) is 8.30. The summed E-state index contributed by atoms with van der Waals surface area (Å²) in [6.45, 7) is 8.73.